The molecule has 9 heteroatoms. The van der Waals surface area contributed by atoms with Crippen LogP contribution in [0.15, 0.2) is 42.5 Å². The largest absolute Gasteiger partial charge is 0.362 e. The molecular formula is C18H17ClN4O4. The SMILES string of the molecule is O=CN1CCN(c2cccc(C(=O)Nc3ccc(Cl)cc3)c2[N+](=O)[O-])CC1. The summed E-state index contributed by atoms with van der Waals surface area (Å²) in [5.41, 5.74) is 0.590. The van der Waals surface area contributed by atoms with Crippen molar-refractivity contribution in [2.24, 2.45) is 0 Å². The second-order valence-electron chi connectivity index (χ2n) is 6.02. The zero-order valence-electron chi connectivity index (χ0n) is 14.3. The van der Waals surface area contributed by atoms with Gasteiger partial charge in [-0.2, -0.15) is 0 Å². The van der Waals surface area contributed by atoms with Crippen molar-refractivity contribution in [2.45, 2.75) is 0 Å². The van der Waals surface area contributed by atoms with Crippen molar-refractivity contribution in [3.05, 3.63) is 63.2 Å². The first-order valence-electron chi connectivity index (χ1n) is 8.28. The number of nitrogens with one attached hydrogen (secondary N) is 1. The fourth-order valence-corrected chi connectivity index (χ4v) is 3.09. The van der Waals surface area contributed by atoms with Crippen LogP contribution >= 0.6 is 11.6 Å². The summed E-state index contributed by atoms with van der Waals surface area (Å²) >= 11 is 5.83. The Labute approximate surface area is 160 Å². The summed E-state index contributed by atoms with van der Waals surface area (Å²) in [7, 11) is 0. The number of nitro benzene ring substituents is 1. The van der Waals surface area contributed by atoms with Crippen LogP contribution in [0.2, 0.25) is 5.02 Å². The molecule has 0 atom stereocenters. The third-order valence-corrected chi connectivity index (χ3v) is 4.60. The molecule has 0 radical (unpaired) electrons. The van der Waals surface area contributed by atoms with Crippen molar-refractivity contribution in [3.63, 3.8) is 0 Å². The molecule has 0 aromatic heterocycles. The molecule has 0 saturated carbocycles. The molecule has 2 aromatic rings. The summed E-state index contributed by atoms with van der Waals surface area (Å²) in [5.74, 6) is -0.572. The molecular weight excluding hydrogens is 372 g/mol. The Bertz CT molecular complexity index is 864. The molecule has 1 aliphatic rings. The van der Waals surface area contributed by atoms with Gasteiger partial charge < -0.3 is 15.1 Å². The Hall–Kier alpha value is -3.13. The monoisotopic (exact) mass is 388 g/mol. The maximum atomic E-state index is 12.6. The highest BCUT2D eigenvalue weighted by molar-refractivity contribution is 6.30. The lowest BCUT2D eigenvalue weighted by atomic mass is 10.1. The normalized spacial score (nSPS) is 14.0. The number of benzene rings is 2. The molecule has 2 aromatic carbocycles. The molecule has 1 aliphatic heterocycles. The fourth-order valence-electron chi connectivity index (χ4n) is 2.96. The smallest absolute Gasteiger partial charge is 0.305 e. The zero-order valence-corrected chi connectivity index (χ0v) is 15.1. The first kappa shape index (κ1) is 18.7. The number of hydrogen-bond donors (Lipinski definition) is 1. The van der Waals surface area contributed by atoms with Crippen molar-refractivity contribution in [2.75, 3.05) is 36.4 Å². The quantitative estimate of drug-likeness (QED) is 0.482. The Morgan fingerprint density at radius 1 is 1.11 bits per heavy atom. The Morgan fingerprint density at radius 2 is 1.78 bits per heavy atom. The molecule has 1 heterocycles. The lowest BCUT2D eigenvalue weighted by molar-refractivity contribution is -0.384. The van der Waals surface area contributed by atoms with E-state index in [2.05, 4.69) is 5.32 Å². The second-order valence-corrected chi connectivity index (χ2v) is 6.46. The minimum absolute atomic E-state index is 0.0229. The number of halogens is 1. The Balaban J connectivity index is 1.89. The summed E-state index contributed by atoms with van der Waals surface area (Å²) in [6.45, 7) is 1.87. The number of rotatable bonds is 5. The number of amides is 2. The summed E-state index contributed by atoms with van der Waals surface area (Å²) < 4.78 is 0. The summed E-state index contributed by atoms with van der Waals surface area (Å²) in [6.07, 6.45) is 0.766. The van der Waals surface area contributed by atoms with E-state index >= 15 is 0 Å². The first-order valence-corrected chi connectivity index (χ1v) is 8.66. The number of carbonyl (C=O) groups is 2. The molecule has 2 amide bonds. The van der Waals surface area contributed by atoms with Crippen molar-refractivity contribution in [1.29, 1.82) is 0 Å². The van der Waals surface area contributed by atoms with E-state index in [-0.39, 0.29) is 11.3 Å². The van der Waals surface area contributed by atoms with Crippen LogP contribution in [0.5, 0.6) is 0 Å². The van der Waals surface area contributed by atoms with Gasteiger partial charge in [-0.3, -0.25) is 19.7 Å². The van der Waals surface area contributed by atoms with Crippen molar-refractivity contribution in [3.8, 4) is 0 Å². The van der Waals surface area contributed by atoms with E-state index in [0.29, 0.717) is 42.6 Å². The highest BCUT2D eigenvalue weighted by Crippen LogP contribution is 2.33. The minimum atomic E-state index is -0.572. The molecule has 140 valence electrons. The van der Waals surface area contributed by atoms with Gasteiger partial charge >= 0.3 is 5.69 Å². The standard InChI is InChI=1S/C18H17ClN4O4/c19-13-4-6-14(7-5-13)20-18(25)15-2-1-3-16(17(15)23(26)27)22-10-8-21(12-24)9-11-22/h1-7,12H,8-11H2,(H,20,25). The van der Waals surface area contributed by atoms with Crippen molar-refractivity contribution >= 4 is 41.0 Å². The summed E-state index contributed by atoms with van der Waals surface area (Å²) in [5, 5.41) is 14.9. The van der Waals surface area contributed by atoms with E-state index in [1.165, 1.54) is 6.07 Å². The van der Waals surface area contributed by atoms with E-state index in [9.17, 15) is 19.7 Å². The van der Waals surface area contributed by atoms with Gasteiger partial charge in [0.05, 0.1) is 4.92 Å². The van der Waals surface area contributed by atoms with Crippen molar-refractivity contribution in [1.82, 2.24) is 4.90 Å². The Kier molecular flexibility index (Phi) is 5.56. The van der Waals surface area contributed by atoms with E-state index in [4.69, 9.17) is 11.6 Å². The van der Waals surface area contributed by atoms with Crippen LogP contribution < -0.4 is 10.2 Å². The van der Waals surface area contributed by atoms with Crippen LogP contribution in [0.4, 0.5) is 17.1 Å². The van der Waals surface area contributed by atoms with Gasteiger partial charge in [-0.1, -0.05) is 17.7 Å². The summed E-state index contributed by atoms with van der Waals surface area (Å²) in [4.78, 5) is 38.1. The highest BCUT2D eigenvalue weighted by atomic mass is 35.5. The predicted octanol–water partition coefficient (Wildman–Crippen LogP) is 2.78. The molecule has 3 rings (SSSR count). The van der Waals surface area contributed by atoms with E-state index in [1.807, 2.05) is 4.90 Å². The lowest BCUT2D eigenvalue weighted by Crippen LogP contribution is -2.46. The highest BCUT2D eigenvalue weighted by Gasteiger charge is 2.29. The number of hydrogen-bond acceptors (Lipinski definition) is 5. The number of anilines is 2. The predicted molar refractivity (Wildman–Crippen MR) is 102 cm³/mol. The second kappa shape index (κ2) is 8.05. The minimum Gasteiger partial charge on any atom is -0.362 e. The fraction of sp³-hybridized carbons (Fsp3) is 0.222. The average Bonchev–Trinajstić information content (AvgIpc) is 2.69. The van der Waals surface area contributed by atoms with Crippen LogP contribution in [-0.2, 0) is 4.79 Å². The van der Waals surface area contributed by atoms with Crippen molar-refractivity contribution < 1.29 is 14.5 Å². The van der Waals surface area contributed by atoms with Gasteiger partial charge in [0.15, 0.2) is 0 Å². The number of piperazine rings is 1. The van der Waals surface area contributed by atoms with Crippen LogP contribution in [0.3, 0.4) is 0 Å². The van der Waals surface area contributed by atoms with E-state index in [0.717, 1.165) is 6.41 Å². The third-order valence-electron chi connectivity index (χ3n) is 4.35. The van der Waals surface area contributed by atoms with Crippen LogP contribution in [0.1, 0.15) is 10.4 Å². The van der Waals surface area contributed by atoms with Gasteiger partial charge in [0.25, 0.3) is 5.91 Å². The maximum absolute atomic E-state index is 12.6. The molecule has 1 saturated heterocycles. The molecule has 0 spiro atoms. The van der Waals surface area contributed by atoms with Crippen LogP contribution in [-0.4, -0.2) is 48.3 Å². The molecule has 0 aliphatic carbocycles. The average molecular weight is 389 g/mol. The van der Waals surface area contributed by atoms with Gasteiger partial charge in [0, 0.05) is 36.9 Å². The summed E-state index contributed by atoms with van der Waals surface area (Å²) in [6, 6.07) is 11.1. The number of nitrogens with zero attached hydrogens (tertiary/aromatic N) is 3. The zero-order chi connectivity index (χ0) is 19.4. The molecule has 1 N–H and O–H groups in total. The topological polar surface area (TPSA) is 95.8 Å². The lowest BCUT2D eigenvalue weighted by Gasteiger charge is -2.33. The van der Waals surface area contributed by atoms with E-state index in [1.54, 1.807) is 41.3 Å². The molecule has 27 heavy (non-hydrogen) atoms. The van der Waals surface area contributed by atoms with Gasteiger partial charge in [0.2, 0.25) is 6.41 Å². The number of para-hydroxylation sites is 1. The van der Waals surface area contributed by atoms with Gasteiger partial charge in [-0.15, -0.1) is 0 Å². The molecule has 8 nitrogen and oxygen atoms in total. The van der Waals surface area contributed by atoms with Gasteiger partial charge in [-0.05, 0) is 36.4 Å². The Morgan fingerprint density at radius 3 is 2.37 bits per heavy atom. The van der Waals surface area contributed by atoms with Gasteiger partial charge in [-0.25, -0.2) is 0 Å². The third kappa shape index (κ3) is 4.17. The molecule has 0 unspecified atom stereocenters. The van der Waals surface area contributed by atoms with Crippen LogP contribution in [0, 0.1) is 10.1 Å². The first-order chi connectivity index (χ1) is 13.0. The number of nitro groups is 1. The molecule has 1 fully saturated rings. The maximum Gasteiger partial charge on any atom is 0.305 e. The van der Waals surface area contributed by atoms with E-state index < -0.39 is 10.8 Å². The number of carbonyl (C=O) groups excluding carboxylic acids is 2. The molecule has 0 bridgehead atoms. The van der Waals surface area contributed by atoms with Gasteiger partial charge in [0.1, 0.15) is 11.3 Å². The van der Waals surface area contributed by atoms with Crippen LogP contribution in [0.25, 0.3) is 0 Å².